The van der Waals surface area contributed by atoms with Gasteiger partial charge in [-0.05, 0) is 37.2 Å². The monoisotopic (exact) mass is 276 g/mol. The van der Waals surface area contributed by atoms with E-state index >= 15 is 0 Å². The Balaban J connectivity index is 1.39. The number of rotatable bonds is 5. The summed E-state index contributed by atoms with van der Waals surface area (Å²) < 4.78 is 11.3. The van der Waals surface area contributed by atoms with Gasteiger partial charge in [0.05, 0.1) is 19.3 Å². The topological polar surface area (TPSA) is 33.7 Å². The normalized spacial score (nSPS) is 22.6. The third kappa shape index (κ3) is 3.51. The molecule has 20 heavy (non-hydrogen) atoms. The zero-order valence-corrected chi connectivity index (χ0v) is 12.2. The van der Waals surface area contributed by atoms with Gasteiger partial charge in [0.1, 0.15) is 5.75 Å². The third-order valence-electron chi connectivity index (χ3n) is 4.06. The predicted octanol–water partition coefficient (Wildman–Crippen LogP) is 1.08. The van der Waals surface area contributed by atoms with Gasteiger partial charge in [-0.25, -0.2) is 0 Å². The minimum Gasteiger partial charge on any atom is -0.493 e. The van der Waals surface area contributed by atoms with Gasteiger partial charge in [-0.2, -0.15) is 0 Å². The van der Waals surface area contributed by atoms with Crippen LogP contribution in [0.2, 0.25) is 0 Å². The van der Waals surface area contributed by atoms with E-state index < -0.39 is 0 Å². The molecule has 1 fully saturated rings. The Kier molecular flexibility index (Phi) is 4.55. The van der Waals surface area contributed by atoms with Crippen molar-refractivity contribution in [3.8, 4) is 5.75 Å². The van der Waals surface area contributed by atoms with Crippen LogP contribution in [0, 0.1) is 0 Å². The molecule has 0 amide bonds. The average molecular weight is 276 g/mol. The summed E-state index contributed by atoms with van der Waals surface area (Å²) >= 11 is 0. The molecule has 0 saturated carbocycles. The highest BCUT2D eigenvalue weighted by Gasteiger charge is 2.17. The van der Waals surface area contributed by atoms with Gasteiger partial charge >= 0.3 is 0 Å². The summed E-state index contributed by atoms with van der Waals surface area (Å²) in [6.45, 7) is 5.72. The van der Waals surface area contributed by atoms with Crippen molar-refractivity contribution in [2.75, 3.05) is 46.4 Å². The van der Waals surface area contributed by atoms with Gasteiger partial charge in [-0.1, -0.05) is 12.1 Å². The second-order valence-electron chi connectivity index (χ2n) is 5.75. The van der Waals surface area contributed by atoms with Crippen LogP contribution in [0.3, 0.4) is 0 Å². The molecule has 2 heterocycles. The van der Waals surface area contributed by atoms with Crippen LogP contribution in [0.1, 0.15) is 11.1 Å². The van der Waals surface area contributed by atoms with E-state index in [4.69, 9.17) is 9.47 Å². The van der Waals surface area contributed by atoms with Crippen LogP contribution in [0.15, 0.2) is 18.2 Å². The lowest BCUT2D eigenvalue weighted by molar-refractivity contribution is -0.0179. The van der Waals surface area contributed by atoms with Crippen LogP contribution >= 0.6 is 0 Å². The first kappa shape index (κ1) is 13.9. The van der Waals surface area contributed by atoms with Gasteiger partial charge in [0, 0.05) is 26.1 Å². The molecule has 4 nitrogen and oxygen atoms in total. The highest BCUT2D eigenvalue weighted by atomic mass is 16.5. The number of ether oxygens (including phenoxy) is 2. The highest BCUT2D eigenvalue weighted by molar-refractivity contribution is 5.39. The molecule has 2 aliphatic rings. The van der Waals surface area contributed by atoms with Crippen LogP contribution in [-0.2, 0) is 17.6 Å². The van der Waals surface area contributed by atoms with Crippen molar-refractivity contribution < 1.29 is 9.47 Å². The maximum atomic E-state index is 5.74. The number of nitrogens with zero attached hydrogens (tertiary/aromatic N) is 1. The van der Waals surface area contributed by atoms with Crippen LogP contribution in [-0.4, -0.2) is 57.4 Å². The van der Waals surface area contributed by atoms with Gasteiger partial charge in [-0.3, -0.25) is 0 Å². The average Bonchev–Trinajstić information content (AvgIpc) is 2.91. The molecule has 0 radical (unpaired) electrons. The zero-order valence-electron chi connectivity index (χ0n) is 12.2. The minimum atomic E-state index is 0.335. The van der Waals surface area contributed by atoms with Crippen LogP contribution < -0.4 is 10.1 Å². The van der Waals surface area contributed by atoms with Gasteiger partial charge in [-0.15, -0.1) is 0 Å². The van der Waals surface area contributed by atoms with Crippen molar-refractivity contribution in [2.45, 2.75) is 18.9 Å². The molecule has 1 N–H and O–H groups in total. The molecule has 0 spiro atoms. The second kappa shape index (κ2) is 6.57. The van der Waals surface area contributed by atoms with Crippen LogP contribution in [0.4, 0.5) is 0 Å². The SMILES string of the molecule is CN1CCOC(CNCCc2ccc3c(c2)CCO3)C1. The van der Waals surface area contributed by atoms with E-state index in [-0.39, 0.29) is 0 Å². The van der Waals surface area contributed by atoms with E-state index in [0.717, 1.165) is 58.0 Å². The van der Waals surface area contributed by atoms with Gasteiger partial charge in [0.2, 0.25) is 0 Å². The molecule has 1 aromatic rings. The first-order valence-corrected chi connectivity index (χ1v) is 7.57. The summed E-state index contributed by atoms with van der Waals surface area (Å²) in [4.78, 5) is 2.33. The smallest absolute Gasteiger partial charge is 0.122 e. The summed E-state index contributed by atoms with van der Waals surface area (Å²) in [5.41, 5.74) is 2.75. The number of likely N-dealkylation sites (N-methyl/N-ethyl adjacent to an activating group) is 1. The van der Waals surface area contributed by atoms with E-state index in [9.17, 15) is 0 Å². The van der Waals surface area contributed by atoms with Gasteiger partial charge < -0.3 is 19.7 Å². The first-order valence-electron chi connectivity index (χ1n) is 7.57. The molecule has 1 saturated heterocycles. The molecular weight excluding hydrogens is 252 g/mol. The summed E-state index contributed by atoms with van der Waals surface area (Å²) in [6, 6.07) is 6.57. The van der Waals surface area contributed by atoms with Gasteiger partial charge in [0.15, 0.2) is 0 Å². The Labute approximate surface area is 121 Å². The molecule has 0 aliphatic carbocycles. The number of fused-ring (bicyclic) bond motifs is 1. The van der Waals surface area contributed by atoms with E-state index in [1.54, 1.807) is 0 Å². The number of hydrogen-bond donors (Lipinski definition) is 1. The standard InChI is InChI=1S/C16H24N2O2/c1-18-7-9-19-15(12-18)11-17-6-4-13-2-3-16-14(10-13)5-8-20-16/h2-3,10,15,17H,4-9,11-12H2,1H3. The Morgan fingerprint density at radius 3 is 3.20 bits per heavy atom. The van der Waals surface area contributed by atoms with E-state index in [1.165, 1.54) is 11.1 Å². The number of morpholine rings is 1. The van der Waals surface area contributed by atoms with Crippen molar-refractivity contribution in [3.05, 3.63) is 29.3 Å². The third-order valence-corrected chi connectivity index (χ3v) is 4.06. The summed E-state index contributed by atoms with van der Waals surface area (Å²) in [6.07, 6.45) is 2.46. The zero-order chi connectivity index (χ0) is 13.8. The quantitative estimate of drug-likeness (QED) is 0.816. The summed E-state index contributed by atoms with van der Waals surface area (Å²) in [5.74, 6) is 1.07. The Hall–Kier alpha value is -1.10. The van der Waals surface area contributed by atoms with Crippen molar-refractivity contribution in [3.63, 3.8) is 0 Å². The molecular formula is C16H24N2O2. The van der Waals surface area contributed by atoms with Crippen molar-refractivity contribution in [1.82, 2.24) is 10.2 Å². The van der Waals surface area contributed by atoms with Crippen molar-refractivity contribution >= 4 is 0 Å². The summed E-state index contributed by atoms with van der Waals surface area (Å²) in [5, 5.41) is 3.51. The Morgan fingerprint density at radius 2 is 2.30 bits per heavy atom. The lowest BCUT2D eigenvalue weighted by Crippen LogP contribution is -2.45. The molecule has 0 bridgehead atoms. The van der Waals surface area contributed by atoms with Crippen LogP contribution in [0.5, 0.6) is 5.75 Å². The highest BCUT2D eigenvalue weighted by Crippen LogP contribution is 2.25. The molecule has 1 unspecified atom stereocenters. The van der Waals surface area contributed by atoms with E-state index in [2.05, 4.69) is 35.5 Å². The lowest BCUT2D eigenvalue weighted by Gasteiger charge is -2.30. The van der Waals surface area contributed by atoms with Crippen molar-refractivity contribution in [2.24, 2.45) is 0 Å². The van der Waals surface area contributed by atoms with Crippen LogP contribution in [0.25, 0.3) is 0 Å². The molecule has 2 aliphatic heterocycles. The molecule has 4 heteroatoms. The number of hydrogen-bond acceptors (Lipinski definition) is 4. The number of benzene rings is 1. The second-order valence-corrected chi connectivity index (χ2v) is 5.75. The first-order chi connectivity index (χ1) is 9.81. The predicted molar refractivity (Wildman–Crippen MR) is 79.5 cm³/mol. The molecule has 110 valence electrons. The van der Waals surface area contributed by atoms with Gasteiger partial charge in [0.25, 0.3) is 0 Å². The molecule has 3 rings (SSSR count). The maximum absolute atomic E-state index is 5.74. The van der Waals surface area contributed by atoms with E-state index in [1.807, 2.05) is 0 Å². The Bertz CT molecular complexity index is 450. The number of nitrogens with one attached hydrogen (secondary N) is 1. The summed E-state index contributed by atoms with van der Waals surface area (Å²) in [7, 11) is 2.15. The maximum Gasteiger partial charge on any atom is 0.122 e. The fourth-order valence-electron chi connectivity index (χ4n) is 2.88. The van der Waals surface area contributed by atoms with Crippen molar-refractivity contribution in [1.29, 1.82) is 0 Å². The molecule has 1 aromatic carbocycles. The molecule has 1 atom stereocenters. The van der Waals surface area contributed by atoms with E-state index in [0.29, 0.717) is 6.10 Å². The largest absolute Gasteiger partial charge is 0.493 e. The fraction of sp³-hybridized carbons (Fsp3) is 0.625. The molecule has 0 aromatic heterocycles. The minimum absolute atomic E-state index is 0.335. The lowest BCUT2D eigenvalue weighted by atomic mass is 10.1. The fourth-order valence-corrected chi connectivity index (χ4v) is 2.88. The Morgan fingerprint density at radius 1 is 1.35 bits per heavy atom.